The van der Waals surface area contributed by atoms with Crippen LogP contribution in [0.4, 0.5) is 5.82 Å². The molecule has 0 fully saturated rings. The van der Waals surface area contributed by atoms with Crippen molar-refractivity contribution in [1.82, 2.24) is 4.98 Å². The van der Waals surface area contributed by atoms with E-state index in [-0.39, 0.29) is 0 Å². The van der Waals surface area contributed by atoms with E-state index in [9.17, 15) is 0 Å². The molecule has 1 unspecified atom stereocenters. The maximum absolute atomic E-state index is 4.50. The van der Waals surface area contributed by atoms with Crippen LogP contribution in [0.25, 0.3) is 0 Å². The number of nitrogens with zero attached hydrogens (tertiary/aromatic N) is 2. The van der Waals surface area contributed by atoms with E-state index in [1.54, 1.807) is 0 Å². The van der Waals surface area contributed by atoms with Gasteiger partial charge >= 0.3 is 0 Å². The highest BCUT2D eigenvalue weighted by Crippen LogP contribution is 2.25. The first-order valence-electron chi connectivity index (χ1n) is 7.02. The van der Waals surface area contributed by atoms with E-state index in [0.717, 1.165) is 24.5 Å². The summed E-state index contributed by atoms with van der Waals surface area (Å²) < 4.78 is 0. The van der Waals surface area contributed by atoms with Crippen LogP contribution in [0.15, 0.2) is 17.3 Å². The molecule has 0 bridgehead atoms. The van der Waals surface area contributed by atoms with Gasteiger partial charge in [0, 0.05) is 23.5 Å². The third kappa shape index (κ3) is 2.71. The Labute approximate surface area is 110 Å². The Kier molecular flexibility index (Phi) is 4.34. The van der Waals surface area contributed by atoms with Crippen molar-refractivity contribution >= 4 is 11.5 Å². The molecule has 1 aliphatic rings. The molecule has 1 atom stereocenters. The van der Waals surface area contributed by atoms with Gasteiger partial charge in [-0.1, -0.05) is 26.7 Å². The van der Waals surface area contributed by atoms with Gasteiger partial charge in [-0.05, 0) is 31.4 Å². The van der Waals surface area contributed by atoms with Crippen molar-refractivity contribution in [3.8, 4) is 0 Å². The van der Waals surface area contributed by atoms with E-state index in [2.05, 4.69) is 42.1 Å². The number of pyridine rings is 1. The van der Waals surface area contributed by atoms with Crippen LogP contribution in [0, 0.1) is 0 Å². The van der Waals surface area contributed by atoms with Crippen LogP contribution in [0.1, 0.15) is 57.6 Å². The fourth-order valence-corrected chi connectivity index (χ4v) is 2.45. The zero-order valence-corrected chi connectivity index (χ0v) is 11.7. The summed E-state index contributed by atoms with van der Waals surface area (Å²) in [5.74, 6) is 1.02. The number of rotatable bonds is 6. The van der Waals surface area contributed by atoms with Gasteiger partial charge in [-0.25, -0.2) is 4.98 Å². The van der Waals surface area contributed by atoms with Gasteiger partial charge in [-0.2, -0.15) is 0 Å². The predicted molar refractivity (Wildman–Crippen MR) is 77.4 cm³/mol. The van der Waals surface area contributed by atoms with Gasteiger partial charge < -0.3 is 5.32 Å². The van der Waals surface area contributed by atoms with Gasteiger partial charge in [-0.3, -0.25) is 4.99 Å². The molecule has 1 aliphatic heterocycles. The van der Waals surface area contributed by atoms with Crippen LogP contribution in [-0.2, 0) is 6.54 Å². The summed E-state index contributed by atoms with van der Waals surface area (Å²) in [6, 6.07) is 2.60. The predicted octanol–water partition coefficient (Wildman–Crippen LogP) is 3.78. The lowest BCUT2D eigenvalue weighted by atomic mass is 10.1. The first-order chi connectivity index (χ1) is 8.76. The summed E-state index contributed by atoms with van der Waals surface area (Å²) in [7, 11) is 0. The number of hydrogen-bond donors (Lipinski definition) is 1. The first-order valence-corrected chi connectivity index (χ1v) is 7.02. The van der Waals surface area contributed by atoms with Crippen LogP contribution in [0.3, 0.4) is 0 Å². The second-order valence-electron chi connectivity index (χ2n) is 4.99. The van der Waals surface area contributed by atoms with Gasteiger partial charge in [0.15, 0.2) is 0 Å². The summed E-state index contributed by atoms with van der Waals surface area (Å²) in [5, 5.41) is 3.60. The zero-order valence-electron chi connectivity index (χ0n) is 11.7. The Hall–Kier alpha value is -1.38. The van der Waals surface area contributed by atoms with E-state index in [4.69, 9.17) is 0 Å². The van der Waals surface area contributed by atoms with Crippen molar-refractivity contribution < 1.29 is 0 Å². The fraction of sp³-hybridized carbons (Fsp3) is 0.600. The summed E-state index contributed by atoms with van der Waals surface area (Å²) in [6.45, 7) is 7.36. The second kappa shape index (κ2) is 5.98. The van der Waals surface area contributed by atoms with Crippen molar-refractivity contribution in [3.63, 3.8) is 0 Å². The molecule has 3 nitrogen and oxygen atoms in total. The molecule has 2 rings (SSSR count). The van der Waals surface area contributed by atoms with Gasteiger partial charge in [0.25, 0.3) is 0 Å². The third-order valence-electron chi connectivity index (χ3n) is 3.63. The Balaban J connectivity index is 2.14. The zero-order chi connectivity index (χ0) is 13.0. The van der Waals surface area contributed by atoms with E-state index in [0.29, 0.717) is 6.04 Å². The summed E-state index contributed by atoms with van der Waals surface area (Å²) in [6.07, 6.45) is 6.77. The number of nitrogens with one attached hydrogen (secondary N) is 1. The van der Waals surface area contributed by atoms with Crippen molar-refractivity contribution in [1.29, 1.82) is 0 Å². The number of hydrogen-bond acceptors (Lipinski definition) is 3. The van der Waals surface area contributed by atoms with E-state index in [1.807, 2.05) is 6.20 Å². The number of unbranched alkanes of at least 4 members (excludes halogenated alkanes) is 1. The quantitative estimate of drug-likeness (QED) is 0.828. The summed E-state index contributed by atoms with van der Waals surface area (Å²) >= 11 is 0. The molecule has 2 heterocycles. The van der Waals surface area contributed by atoms with Gasteiger partial charge in [0.2, 0.25) is 0 Å². The Morgan fingerprint density at radius 2 is 2.22 bits per heavy atom. The summed E-state index contributed by atoms with van der Waals surface area (Å²) in [4.78, 5) is 9.00. The molecular formula is C15H23N3. The highest BCUT2D eigenvalue weighted by molar-refractivity contribution is 6.05. The van der Waals surface area contributed by atoms with Gasteiger partial charge in [0.1, 0.15) is 5.82 Å². The van der Waals surface area contributed by atoms with Crippen molar-refractivity contribution in [2.24, 2.45) is 4.99 Å². The smallest absolute Gasteiger partial charge is 0.135 e. The molecule has 1 N–H and O–H groups in total. The largest absolute Gasteiger partial charge is 0.367 e. The van der Waals surface area contributed by atoms with Crippen molar-refractivity contribution in [3.05, 3.63) is 23.4 Å². The molecule has 3 heteroatoms. The minimum absolute atomic E-state index is 0.525. The van der Waals surface area contributed by atoms with Gasteiger partial charge in [0.05, 0.1) is 6.54 Å². The van der Waals surface area contributed by atoms with Crippen LogP contribution in [0.2, 0.25) is 0 Å². The van der Waals surface area contributed by atoms with Crippen LogP contribution in [-0.4, -0.2) is 16.7 Å². The molecule has 0 aliphatic carbocycles. The average molecular weight is 245 g/mol. The van der Waals surface area contributed by atoms with Crippen LogP contribution >= 0.6 is 0 Å². The molecule has 0 saturated carbocycles. The molecular weight excluding hydrogens is 222 g/mol. The molecule has 0 saturated heterocycles. The molecule has 0 spiro atoms. The lowest BCUT2D eigenvalue weighted by Gasteiger charge is -2.19. The molecule has 0 amide bonds. The topological polar surface area (TPSA) is 37.3 Å². The molecule has 1 aromatic rings. The monoisotopic (exact) mass is 245 g/mol. The molecule has 18 heavy (non-hydrogen) atoms. The molecule has 0 aromatic carbocycles. The molecule has 1 aromatic heterocycles. The number of aromatic nitrogens is 1. The fourth-order valence-electron chi connectivity index (χ4n) is 2.45. The van der Waals surface area contributed by atoms with Crippen molar-refractivity contribution in [2.45, 2.75) is 59.0 Å². The molecule has 98 valence electrons. The lowest BCUT2D eigenvalue weighted by Crippen LogP contribution is -2.20. The standard InChI is InChI=1S/C15H23N3/c1-4-6-7-13(5-2)18-15-14-11(3)17-10-12(14)8-9-16-15/h8-9,13H,4-7,10H2,1-3H3,(H,16,18). The van der Waals surface area contributed by atoms with E-state index >= 15 is 0 Å². The highest BCUT2D eigenvalue weighted by atomic mass is 15.0. The normalized spacial score (nSPS) is 15.2. The first kappa shape index (κ1) is 13.1. The minimum atomic E-state index is 0.525. The van der Waals surface area contributed by atoms with Crippen LogP contribution in [0.5, 0.6) is 0 Å². The molecule has 0 radical (unpaired) electrons. The second-order valence-corrected chi connectivity index (χ2v) is 4.99. The number of anilines is 1. The summed E-state index contributed by atoms with van der Waals surface area (Å²) in [5.41, 5.74) is 3.65. The minimum Gasteiger partial charge on any atom is -0.367 e. The van der Waals surface area contributed by atoms with Gasteiger partial charge in [-0.15, -0.1) is 0 Å². The highest BCUT2D eigenvalue weighted by Gasteiger charge is 2.18. The van der Waals surface area contributed by atoms with E-state index < -0.39 is 0 Å². The SMILES string of the molecule is CCCCC(CC)Nc1nccc2c1C(C)=NC2. The Morgan fingerprint density at radius 1 is 1.39 bits per heavy atom. The average Bonchev–Trinajstić information content (AvgIpc) is 2.77. The maximum atomic E-state index is 4.50. The lowest BCUT2D eigenvalue weighted by molar-refractivity contribution is 0.591. The third-order valence-corrected chi connectivity index (χ3v) is 3.63. The number of fused-ring (bicyclic) bond motifs is 1. The Bertz CT molecular complexity index is 437. The van der Waals surface area contributed by atoms with Crippen LogP contribution < -0.4 is 5.32 Å². The van der Waals surface area contributed by atoms with E-state index in [1.165, 1.54) is 30.4 Å². The maximum Gasteiger partial charge on any atom is 0.135 e. The Morgan fingerprint density at radius 3 is 2.94 bits per heavy atom. The van der Waals surface area contributed by atoms with Crippen molar-refractivity contribution in [2.75, 3.05) is 5.32 Å². The number of aliphatic imine (C=N–C) groups is 1.